The Balaban J connectivity index is 3.20. The summed E-state index contributed by atoms with van der Waals surface area (Å²) in [6, 6.07) is 0. The Hall–Kier alpha value is -0.120. The third kappa shape index (κ3) is 13.9. The molecule has 0 amide bonds. The van der Waals surface area contributed by atoms with E-state index in [1.807, 2.05) is 13.8 Å². The van der Waals surface area contributed by atoms with Gasteiger partial charge in [0.2, 0.25) is 0 Å². The number of rotatable bonds is 7. The van der Waals surface area contributed by atoms with Gasteiger partial charge in [-0.05, 0) is 67.1 Å². The van der Waals surface area contributed by atoms with Gasteiger partial charge in [-0.25, -0.2) is 0 Å². The molecule has 3 heteroatoms. The first-order valence-electron chi connectivity index (χ1n) is 5.89. The second-order valence-electron chi connectivity index (χ2n) is 5.84. The van der Waals surface area contributed by atoms with Crippen LogP contribution < -0.4 is 10.6 Å². The van der Waals surface area contributed by atoms with Crippen LogP contribution in [0, 0.1) is 0 Å². The summed E-state index contributed by atoms with van der Waals surface area (Å²) in [6.45, 7) is 13.2. The highest BCUT2D eigenvalue weighted by Gasteiger charge is 2.11. The lowest BCUT2D eigenvalue weighted by molar-refractivity contribution is 0.0712. The van der Waals surface area contributed by atoms with Crippen LogP contribution >= 0.6 is 0 Å². The van der Waals surface area contributed by atoms with Crippen molar-refractivity contribution < 1.29 is 5.11 Å². The molecule has 0 spiro atoms. The summed E-state index contributed by atoms with van der Waals surface area (Å²) in [5.74, 6) is 0. The van der Waals surface area contributed by atoms with Gasteiger partial charge in [0.15, 0.2) is 0 Å². The Bertz CT molecular complexity index is 138. The Kier molecular flexibility index (Phi) is 6.41. The van der Waals surface area contributed by atoms with Crippen LogP contribution in [0.2, 0.25) is 0 Å². The van der Waals surface area contributed by atoms with Gasteiger partial charge < -0.3 is 15.7 Å². The van der Waals surface area contributed by atoms with Gasteiger partial charge in [0.25, 0.3) is 0 Å². The van der Waals surface area contributed by atoms with E-state index in [2.05, 4.69) is 31.4 Å². The minimum atomic E-state index is -0.545. The molecule has 0 aromatic heterocycles. The van der Waals surface area contributed by atoms with Crippen molar-refractivity contribution in [3.05, 3.63) is 0 Å². The molecule has 92 valence electrons. The largest absolute Gasteiger partial charge is 0.390 e. The molecule has 15 heavy (non-hydrogen) atoms. The van der Waals surface area contributed by atoms with Crippen LogP contribution in [-0.2, 0) is 0 Å². The molecule has 0 rings (SSSR count). The molecule has 0 radical (unpaired) electrons. The first-order chi connectivity index (χ1) is 6.71. The molecule has 0 atom stereocenters. The minimum absolute atomic E-state index is 0.215. The monoisotopic (exact) mass is 216 g/mol. The minimum Gasteiger partial charge on any atom is -0.390 e. The highest BCUT2D eigenvalue weighted by molar-refractivity contribution is 4.70. The van der Waals surface area contributed by atoms with E-state index in [0.29, 0.717) is 0 Å². The van der Waals surface area contributed by atoms with E-state index in [4.69, 9.17) is 0 Å². The second kappa shape index (κ2) is 6.46. The van der Waals surface area contributed by atoms with Crippen molar-refractivity contribution in [1.29, 1.82) is 0 Å². The first-order valence-corrected chi connectivity index (χ1v) is 5.89. The molecule has 0 aliphatic heterocycles. The van der Waals surface area contributed by atoms with Crippen molar-refractivity contribution in [3.8, 4) is 0 Å². The van der Waals surface area contributed by atoms with Crippen molar-refractivity contribution in [3.63, 3.8) is 0 Å². The summed E-state index contributed by atoms with van der Waals surface area (Å²) in [4.78, 5) is 0. The van der Waals surface area contributed by atoms with Crippen molar-refractivity contribution >= 4 is 0 Å². The molecule has 0 fully saturated rings. The third-order valence-electron chi connectivity index (χ3n) is 2.10. The van der Waals surface area contributed by atoms with E-state index in [9.17, 15) is 5.11 Å². The molecule has 0 heterocycles. The van der Waals surface area contributed by atoms with E-state index < -0.39 is 5.60 Å². The van der Waals surface area contributed by atoms with Crippen molar-refractivity contribution in [2.75, 3.05) is 19.6 Å². The molecule has 0 aromatic rings. The van der Waals surface area contributed by atoms with Gasteiger partial charge in [-0.15, -0.1) is 0 Å². The molecule has 3 nitrogen and oxygen atoms in total. The van der Waals surface area contributed by atoms with Crippen LogP contribution in [0.1, 0.15) is 47.5 Å². The zero-order chi connectivity index (χ0) is 11.9. The average molecular weight is 216 g/mol. The van der Waals surface area contributed by atoms with Gasteiger partial charge >= 0.3 is 0 Å². The second-order valence-corrected chi connectivity index (χ2v) is 5.84. The van der Waals surface area contributed by atoms with Crippen LogP contribution in [-0.4, -0.2) is 35.9 Å². The fraction of sp³-hybridized carbons (Fsp3) is 1.00. The normalized spacial score (nSPS) is 13.2. The Morgan fingerprint density at radius 2 is 1.53 bits per heavy atom. The Morgan fingerprint density at radius 3 is 2.00 bits per heavy atom. The predicted octanol–water partition coefficient (Wildman–Crippen LogP) is 1.52. The van der Waals surface area contributed by atoms with Gasteiger partial charge in [0.05, 0.1) is 5.60 Å². The lowest BCUT2D eigenvalue weighted by atomic mass is 10.1. The average Bonchev–Trinajstić information content (AvgIpc) is 1.98. The number of hydrogen-bond acceptors (Lipinski definition) is 3. The van der Waals surface area contributed by atoms with Gasteiger partial charge in [0.1, 0.15) is 0 Å². The lowest BCUT2D eigenvalue weighted by Gasteiger charge is -2.20. The van der Waals surface area contributed by atoms with Gasteiger partial charge in [-0.3, -0.25) is 0 Å². The van der Waals surface area contributed by atoms with E-state index in [1.165, 1.54) is 0 Å². The standard InChI is InChI=1S/C12H28N2O/c1-11(2,3)14-9-6-8-13-10-7-12(4,5)15/h13-15H,6-10H2,1-5H3. The molecule has 0 unspecified atom stereocenters. The van der Waals surface area contributed by atoms with E-state index >= 15 is 0 Å². The van der Waals surface area contributed by atoms with Crippen molar-refractivity contribution in [1.82, 2.24) is 10.6 Å². The molecule has 0 aliphatic carbocycles. The predicted molar refractivity (Wildman–Crippen MR) is 66.2 cm³/mol. The maximum atomic E-state index is 9.47. The van der Waals surface area contributed by atoms with E-state index in [0.717, 1.165) is 32.5 Å². The summed E-state index contributed by atoms with van der Waals surface area (Å²) in [6.07, 6.45) is 1.93. The molecule has 0 aliphatic rings. The summed E-state index contributed by atoms with van der Waals surface area (Å²) in [5, 5.41) is 16.2. The molecular formula is C12H28N2O. The van der Waals surface area contributed by atoms with Crippen LogP contribution in [0.15, 0.2) is 0 Å². The van der Waals surface area contributed by atoms with Crippen molar-refractivity contribution in [2.45, 2.75) is 58.6 Å². The smallest absolute Gasteiger partial charge is 0.0603 e. The molecule has 3 N–H and O–H groups in total. The SMILES string of the molecule is CC(C)(O)CCNCCCNC(C)(C)C. The van der Waals surface area contributed by atoms with Crippen molar-refractivity contribution in [2.24, 2.45) is 0 Å². The highest BCUT2D eigenvalue weighted by atomic mass is 16.3. The maximum absolute atomic E-state index is 9.47. The molecule has 0 saturated heterocycles. The van der Waals surface area contributed by atoms with Gasteiger partial charge in [-0.2, -0.15) is 0 Å². The molecular weight excluding hydrogens is 188 g/mol. The first kappa shape index (κ1) is 14.9. The van der Waals surface area contributed by atoms with Gasteiger partial charge in [0, 0.05) is 5.54 Å². The number of aliphatic hydroxyl groups is 1. The zero-order valence-corrected chi connectivity index (χ0v) is 11.0. The Morgan fingerprint density at radius 1 is 0.933 bits per heavy atom. The van der Waals surface area contributed by atoms with Gasteiger partial charge in [-0.1, -0.05) is 0 Å². The topological polar surface area (TPSA) is 44.3 Å². The lowest BCUT2D eigenvalue weighted by Crippen LogP contribution is -2.37. The summed E-state index contributed by atoms with van der Waals surface area (Å²) in [5.41, 5.74) is -0.330. The highest BCUT2D eigenvalue weighted by Crippen LogP contribution is 2.04. The summed E-state index contributed by atoms with van der Waals surface area (Å²) >= 11 is 0. The fourth-order valence-corrected chi connectivity index (χ4v) is 1.20. The number of nitrogens with one attached hydrogen (secondary N) is 2. The van der Waals surface area contributed by atoms with Crippen LogP contribution in [0.3, 0.4) is 0 Å². The molecule has 0 saturated carbocycles. The van der Waals surface area contributed by atoms with E-state index in [1.54, 1.807) is 0 Å². The number of hydrogen-bond donors (Lipinski definition) is 3. The third-order valence-corrected chi connectivity index (χ3v) is 2.10. The quantitative estimate of drug-likeness (QED) is 0.565. The summed E-state index contributed by atoms with van der Waals surface area (Å²) < 4.78 is 0. The molecule has 0 bridgehead atoms. The Labute approximate surface area is 94.6 Å². The van der Waals surface area contributed by atoms with Crippen LogP contribution in [0.25, 0.3) is 0 Å². The van der Waals surface area contributed by atoms with E-state index in [-0.39, 0.29) is 5.54 Å². The van der Waals surface area contributed by atoms with Crippen LogP contribution in [0.4, 0.5) is 0 Å². The zero-order valence-electron chi connectivity index (χ0n) is 11.0. The fourth-order valence-electron chi connectivity index (χ4n) is 1.20. The van der Waals surface area contributed by atoms with Crippen LogP contribution in [0.5, 0.6) is 0 Å². The molecule has 0 aromatic carbocycles. The summed E-state index contributed by atoms with van der Waals surface area (Å²) in [7, 11) is 0. The maximum Gasteiger partial charge on any atom is 0.0603 e.